The van der Waals surface area contributed by atoms with E-state index in [9.17, 15) is 0 Å². The maximum atomic E-state index is 5.83. The quantitative estimate of drug-likeness (QED) is 0.851. The van der Waals surface area contributed by atoms with Gasteiger partial charge in [0.15, 0.2) is 0 Å². The molecule has 0 saturated carbocycles. The molecule has 2 rings (SSSR count). The molecule has 0 bridgehead atoms. The van der Waals surface area contributed by atoms with Gasteiger partial charge in [0.1, 0.15) is 5.82 Å². The summed E-state index contributed by atoms with van der Waals surface area (Å²) in [6.45, 7) is 4.75. The van der Waals surface area contributed by atoms with Gasteiger partial charge < -0.3 is 15.8 Å². The highest BCUT2D eigenvalue weighted by atomic mass is 32.1. The number of rotatable bonds is 6. The van der Waals surface area contributed by atoms with Gasteiger partial charge in [0.25, 0.3) is 0 Å². The summed E-state index contributed by atoms with van der Waals surface area (Å²) in [6, 6.07) is 5.82. The SMILES string of the molecule is CC(C)Oc1nc(NCCc2ccsc2)ccc1N. The molecule has 2 aromatic heterocycles. The van der Waals surface area contributed by atoms with Crippen molar-refractivity contribution in [2.75, 3.05) is 17.6 Å². The average molecular weight is 277 g/mol. The molecule has 0 aliphatic carbocycles. The summed E-state index contributed by atoms with van der Waals surface area (Å²) in [5.41, 5.74) is 7.74. The predicted molar refractivity (Wildman–Crippen MR) is 80.9 cm³/mol. The van der Waals surface area contributed by atoms with Crippen molar-refractivity contribution in [1.82, 2.24) is 4.98 Å². The van der Waals surface area contributed by atoms with Crippen molar-refractivity contribution in [2.24, 2.45) is 0 Å². The molecule has 0 atom stereocenters. The number of nitrogens with one attached hydrogen (secondary N) is 1. The molecule has 19 heavy (non-hydrogen) atoms. The van der Waals surface area contributed by atoms with E-state index < -0.39 is 0 Å². The Hall–Kier alpha value is -1.75. The van der Waals surface area contributed by atoms with E-state index in [4.69, 9.17) is 10.5 Å². The Kier molecular flexibility index (Phi) is 4.63. The lowest BCUT2D eigenvalue weighted by Gasteiger charge is -2.12. The zero-order valence-corrected chi connectivity index (χ0v) is 12.0. The van der Waals surface area contributed by atoms with Crippen LogP contribution in [0.4, 0.5) is 11.5 Å². The molecule has 3 N–H and O–H groups in total. The normalized spacial score (nSPS) is 10.7. The molecule has 0 fully saturated rings. The monoisotopic (exact) mass is 277 g/mol. The molecule has 0 radical (unpaired) electrons. The van der Waals surface area contributed by atoms with Crippen LogP contribution in [0.2, 0.25) is 0 Å². The van der Waals surface area contributed by atoms with E-state index >= 15 is 0 Å². The topological polar surface area (TPSA) is 60.2 Å². The number of ether oxygens (including phenoxy) is 1. The minimum absolute atomic E-state index is 0.0656. The van der Waals surface area contributed by atoms with E-state index in [1.807, 2.05) is 26.0 Å². The van der Waals surface area contributed by atoms with E-state index in [-0.39, 0.29) is 6.10 Å². The molecule has 0 aliphatic heterocycles. The van der Waals surface area contributed by atoms with E-state index in [1.54, 1.807) is 11.3 Å². The largest absolute Gasteiger partial charge is 0.473 e. The van der Waals surface area contributed by atoms with Crippen LogP contribution < -0.4 is 15.8 Å². The van der Waals surface area contributed by atoms with Gasteiger partial charge in [0.05, 0.1) is 11.8 Å². The fourth-order valence-electron chi connectivity index (χ4n) is 1.64. The predicted octanol–water partition coefficient (Wildman–Crippen LogP) is 3.17. The molecule has 4 nitrogen and oxygen atoms in total. The van der Waals surface area contributed by atoms with Crippen molar-refractivity contribution in [1.29, 1.82) is 0 Å². The molecule has 2 heterocycles. The van der Waals surface area contributed by atoms with Crippen LogP contribution in [0, 0.1) is 0 Å². The number of nitrogens with zero attached hydrogens (tertiary/aromatic N) is 1. The highest BCUT2D eigenvalue weighted by Crippen LogP contribution is 2.21. The highest BCUT2D eigenvalue weighted by molar-refractivity contribution is 7.07. The van der Waals surface area contributed by atoms with E-state index in [2.05, 4.69) is 27.1 Å². The van der Waals surface area contributed by atoms with E-state index in [0.29, 0.717) is 11.6 Å². The van der Waals surface area contributed by atoms with Crippen molar-refractivity contribution in [3.63, 3.8) is 0 Å². The molecule has 5 heteroatoms. The molecule has 0 aromatic carbocycles. The van der Waals surface area contributed by atoms with Gasteiger partial charge in [0, 0.05) is 6.54 Å². The molecule has 102 valence electrons. The number of hydrogen-bond donors (Lipinski definition) is 2. The number of pyridine rings is 1. The number of hydrogen-bond acceptors (Lipinski definition) is 5. The third-order valence-corrected chi connectivity index (χ3v) is 3.27. The van der Waals surface area contributed by atoms with Gasteiger partial charge in [-0.25, -0.2) is 0 Å². The van der Waals surface area contributed by atoms with Gasteiger partial charge in [-0.3, -0.25) is 0 Å². The van der Waals surface area contributed by atoms with Crippen LogP contribution in [-0.2, 0) is 6.42 Å². The van der Waals surface area contributed by atoms with Crippen LogP contribution in [0.3, 0.4) is 0 Å². The first kappa shape index (κ1) is 13.7. The van der Waals surface area contributed by atoms with Crippen LogP contribution in [0.25, 0.3) is 0 Å². The molecule has 0 spiro atoms. The highest BCUT2D eigenvalue weighted by Gasteiger charge is 2.06. The number of anilines is 2. The Bertz CT molecular complexity index is 511. The summed E-state index contributed by atoms with van der Waals surface area (Å²) in [6.07, 6.45) is 1.05. The molecular weight excluding hydrogens is 258 g/mol. The Morgan fingerprint density at radius 3 is 2.89 bits per heavy atom. The zero-order chi connectivity index (χ0) is 13.7. The fraction of sp³-hybridized carbons (Fsp3) is 0.357. The van der Waals surface area contributed by atoms with Crippen molar-refractivity contribution < 1.29 is 4.74 Å². The number of thiophene rings is 1. The molecule has 0 aliphatic rings. The molecule has 0 saturated heterocycles. The maximum absolute atomic E-state index is 5.83. The lowest BCUT2D eigenvalue weighted by atomic mass is 10.2. The van der Waals surface area contributed by atoms with Gasteiger partial charge in [0.2, 0.25) is 5.88 Å². The minimum atomic E-state index is 0.0656. The average Bonchev–Trinajstić information content (AvgIpc) is 2.86. The minimum Gasteiger partial charge on any atom is -0.473 e. The Morgan fingerprint density at radius 2 is 2.21 bits per heavy atom. The Morgan fingerprint density at radius 1 is 1.37 bits per heavy atom. The summed E-state index contributed by atoms with van der Waals surface area (Å²) in [5, 5.41) is 7.53. The fourth-order valence-corrected chi connectivity index (χ4v) is 2.34. The van der Waals surface area contributed by atoms with Crippen LogP contribution >= 0.6 is 11.3 Å². The van der Waals surface area contributed by atoms with Crippen LogP contribution in [-0.4, -0.2) is 17.6 Å². The van der Waals surface area contributed by atoms with Crippen LogP contribution in [0.15, 0.2) is 29.0 Å². The van der Waals surface area contributed by atoms with Gasteiger partial charge in [-0.2, -0.15) is 16.3 Å². The van der Waals surface area contributed by atoms with Crippen molar-refractivity contribution in [2.45, 2.75) is 26.4 Å². The van der Waals surface area contributed by atoms with E-state index in [0.717, 1.165) is 18.8 Å². The lowest BCUT2D eigenvalue weighted by Crippen LogP contribution is -2.11. The first-order chi connectivity index (χ1) is 9.15. The second-order valence-electron chi connectivity index (χ2n) is 4.57. The summed E-state index contributed by atoms with van der Waals surface area (Å²) < 4.78 is 5.56. The maximum Gasteiger partial charge on any atom is 0.239 e. The zero-order valence-electron chi connectivity index (χ0n) is 11.2. The summed E-state index contributed by atoms with van der Waals surface area (Å²) in [5.74, 6) is 1.29. The van der Waals surface area contributed by atoms with E-state index in [1.165, 1.54) is 5.56 Å². The molecular formula is C14H19N3OS. The van der Waals surface area contributed by atoms with Gasteiger partial charge in [-0.1, -0.05) is 0 Å². The Balaban J connectivity index is 1.93. The standard InChI is InChI=1S/C14H19N3OS/c1-10(2)18-14-12(15)3-4-13(17-14)16-7-5-11-6-8-19-9-11/h3-4,6,8-10H,5,7,15H2,1-2H3,(H,16,17). The second kappa shape index (κ2) is 6.43. The third-order valence-electron chi connectivity index (χ3n) is 2.54. The van der Waals surface area contributed by atoms with Crippen LogP contribution in [0.1, 0.15) is 19.4 Å². The number of nitrogens with two attached hydrogens (primary N) is 1. The lowest BCUT2D eigenvalue weighted by molar-refractivity contribution is 0.234. The van der Waals surface area contributed by atoms with Gasteiger partial charge >= 0.3 is 0 Å². The first-order valence-corrected chi connectivity index (χ1v) is 7.27. The molecule has 0 amide bonds. The summed E-state index contributed by atoms with van der Waals surface area (Å²) in [4.78, 5) is 4.38. The van der Waals surface area contributed by atoms with Gasteiger partial charge in [-0.15, -0.1) is 0 Å². The first-order valence-electron chi connectivity index (χ1n) is 6.33. The summed E-state index contributed by atoms with van der Waals surface area (Å²) in [7, 11) is 0. The summed E-state index contributed by atoms with van der Waals surface area (Å²) >= 11 is 1.72. The third kappa shape index (κ3) is 4.13. The Labute approximate surface area is 117 Å². The van der Waals surface area contributed by atoms with Crippen molar-refractivity contribution >= 4 is 22.8 Å². The molecule has 0 unspecified atom stereocenters. The van der Waals surface area contributed by atoms with Crippen LogP contribution in [0.5, 0.6) is 5.88 Å². The van der Waals surface area contributed by atoms with Crippen molar-refractivity contribution in [3.8, 4) is 5.88 Å². The second-order valence-corrected chi connectivity index (χ2v) is 5.35. The number of nitrogen functional groups attached to an aromatic ring is 1. The molecule has 2 aromatic rings. The number of aromatic nitrogens is 1. The van der Waals surface area contributed by atoms with Crippen molar-refractivity contribution in [3.05, 3.63) is 34.5 Å². The smallest absolute Gasteiger partial charge is 0.239 e. The van der Waals surface area contributed by atoms with Gasteiger partial charge in [-0.05, 0) is 54.8 Å².